The number of rotatable bonds is 1. The molecule has 4 heteroatoms. The van der Waals surface area contributed by atoms with Gasteiger partial charge in [0.25, 0.3) is 0 Å². The zero-order valence-electron chi connectivity index (χ0n) is 9.38. The molecule has 16 heavy (non-hydrogen) atoms. The number of fused-ring (bicyclic) bond motifs is 1. The van der Waals surface area contributed by atoms with Crippen molar-refractivity contribution >= 4 is 5.91 Å². The van der Waals surface area contributed by atoms with Gasteiger partial charge in [0.15, 0.2) is 0 Å². The summed E-state index contributed by atoms with van der Waals surface area (Å²) in [6.07, 6.45) is 3.42. The Hall–Kier alpha value is -0.610. The fourth-order valence-electron chi connectivity index (χ4n) is 3.52. The van der Waals surface area contributed by atoms with E-state index in [4.69, 9.17) is 0 Å². The SMILES string of the molecule is O=C(C1C2CCCCC21)N1C[C@@H](O)[C@@H](O)C1. The zero-order valence-corrected chi connectivity index (χ0v) is 9.38. The molecule has 0 aromatic heterocycles. The maximum Gasteiger partial charge on any atom is 0.226 e. The number of likely N-dealkylation sites (tertiary alicyclic amines) is 1. The quantitative estimate of drug-likeness (QED) is 0.659. The summed E-state index contributed by atoms with van der Waals surface area (Å²) in [4.78, 5) is 13.8. The lowest BCUT2D eigenvalue weighted by Crippen LogP contribution is -2.32. The van der Waals surface area contributed by atoms with Crippen molar-refractivity contribution in [2.24, 2.45) is 17.8 Å². The second-order valence-corrected chi connectivity index (χ2v) is 5.52. The van der Waals surface area contributed by atoms with Crippen LogP contribution in [0.2, 0.25) is 0 Å². The van der Waals surface area contributed by atoms with Crippen LogP contribution in [-0.4, -0.2) is 46.3 Å². The molecular weight excluding hydrogens is 206 g/mol. The van der Waals surface area contributed by atoms with Crippen LogP contribution in [0.4, 0.5) is 0 Å². The maximum absolute atomic E-state index is 12.2. The first-order valence-corrected chi connectivity index (χ1v) is 6.33. The average molecular weight is 225 g/mol. The highest BCUT2D eigenvalue weighted by molar-refractivity contribution is 5.82. The topological polar surface area (TPSA) is 60.8 Å². The van der Waals surface area contributed by atoms with Gasteiger partial charge in [-0.15, -0.1) is 0 Å². The van der Waals surface area contributed by atoms with E-state index in [-0.39, 0.29) is 11.8 Å². The minimum absolute atomic E-state index is 0.174. The normalized spacial score (nSPS) is 46.6. The zero-order chi connectivity index (χ0) is 11.3. The summed E-state index contributed by atoms with van der Waals surface area (Å²) in [5.74, 6) is 1.60. The number of carbonyl (C=O) groups is 1. The lowest BCUT2D eigenvalue weighted by Gasteiger charge is -2.15. The molecule has 2 unspecified atom stereocenters. The van der Waals surface area contributed by atoms with Gasteiger partial charge in [0, 0.05) is 19.0 Å². The molecule has 3 rings (SSSR count). The Balaban J connectivity index is 1.62. The summed E-state index contributed by atoms with van der Waals surface area (Å²) in [5, 5.41) is 18.9. The summed E-state index contributed by atoms with van der Waals surface area (Å²) in [7, 11) is 0. The second-order valence-electron chi connectivity index (χ2n) is 5.52. The van der Waals surface area contributed by atoms with E-state index in [0.717, 1.165) is 0 Å². The third-order valence-corrected chi connectivity index (χ3v) is 4.51. The first kappa shape index (κ1) is 10.5. The van der Waals surface area contributed by atoms with Gasteiger partial charge in [-0.05, 0) is 24.7 Å². The number of nitrogens with zero attached hydrogens (tertiary/aromatic N) is 1. The van der Waals surface area contributed by atoms with E-state index in [2.05, 4.69) is 0 Å². The van der Waals surface area contributed by atoms with Crippen LogP contribution < -0.4 is 0 Å². The van der Waals surface area contributed by atoms with Gasteiger partial charge >= 0.3 is 0 Å². The Morgan fingerprint density at radius 3 is 2.00 bits per heavy atom. The highest BCUT2D eigenvalue weighted by atomic mass is 16.3. The van der Waals surface area contributed by atoms with Gasteiger partial charge in [0.1, 0.15) is 0 Å². The number of hydrogen-bond donors (Lipinski definition) is 2. The molecule has 1 heterocycles. The fourth-order valence-corrected chi connectivity index (χ4v) is 3.52. The van der Waals surface area contributed by atoms with Crippen LogP contribution in [0.1, 0.15) is 25.7 Å². The third-order valence-electron chi connectivity index (χ3n) is 4.51. The number of amides is 1. The lowest BCUT2D eigenvalue weighted by molar-refractivity contribution is -0.132. The summed E-state index contributed by atoms with van der Waals surface area (Å²) in [6, 6.07) is 0. The molecule has 0 aromatic rings. The predicted octanol–water partition coefficient (Wildman–Crippen LogP) is -0.0134. The Labute approximate surface area is 95.2 Å². The molecule has 0 spiro atoms. The van der Waals surface area contributed by atoms with Crippen molar-refractivity contribution in [2.45, 2.75) is 37.9 Å². The van der Waals surface area contributed by atoms with Crippen molar-refractivity contribution in [1.29, 1.82) is 0 Å². The highest BCUT2D eigenvalue weighted by Crippen LogP contribution is 2.56. The molecule has 1 saturated heterocycles. The molecule has 0 bridgehead atoms. The van der Waals surface area contributed by atoms with Gasteiger partial charge in [0.05, 0.1) is 12.2 Å². The molecule has 4 nitrogen and oxygen atoms in total. The van der Waals surface area contributed by atoms with Crippen LogP contribution >= 0.6 is 0 Å². The van der Waals surface area contributed by atoms with Crippen LogP contribution in [0.5, 0.6) is 0 Å². The van der Waals surface area contributed by atoms with Crippen molar-refractivity contribution in [2.75, 3.05) is 13.1 Å². The largest absolute Gasteiger partial charge is 0.388 e. The average Bonchev–Trinajstić information content (AvgIpc) is 2.91. The van der Waals surface area contributed by atoms with Gasteiger partial charge in [-0.3, -0.25) is 4.79 Å². The van der Waals surface area contributed by atoms with Gasteiger partial charge in [-0.25, -0.2) is 0 Å². The molecule has 1 aliphatic heterocycles. The number of aliphatic hydroxyl groups excluding tert-OH is 2. The van der Waals surface area contributed by atoms with Gasteiger partial charge in [0.2, 0.25) is 5.91 Å². The predicted molar refractivity (Wildman–Crippen MR) is 57.5 cm³/mol. The molecule has 1 amide bonds. The Bertz CT molecular complexity index is 281. The Morgan fingerprint density at radius 1 is 1.00 bits per heavy atom. The summed E-state index contributed by atoms with van der Waals surface area (Å²) < 4.78 is 0. The third kappa shape index (κ3) is 1.55. The molecule has 90 valence electrons. The summed E-state index contributed by atoms with van der Waals surface area (Å²) in [5.41, 5.74) is 0. The van der Waals surface area contributed by atoms with Gasteiger partial charge in [-0.2, -0.15) is 0 Å². The van der Waals surface area contributed by atoms with Gasteiger partial charge < -0.3 is 15.1 Å². The summed E-state index contributed by atoms with van der Waals surface area (Å²) >= 11 is 0. The van der Waals surface area contributed by atoms with Crippen LogP contribution in [0.25, 0.3) is 0 Å². The second kappa shape index (κ2) is 3.70. The molecule has 2 N–H and O–H groups in total. The molecule has 4 atom stereocenters. The van der Waals surface area contributed by atoms with Crippen LogP contribution in [0.15, 0.2) is 0 Å². The van der Waals surface area contributed by atoms with Crippen molar-refractivity contribution in [3.8, 4) is 0 Å². The minimum atomic E-state index is -0.746. The Morgan fingerprint density at radius 2 is 1.50 bits per heavy atom. The standard InChI is InChI=1S/C12H19NO3/c14-9-5-13(6-10(9)15)12(16)11-7-3-1-2-4-8(7)11/h7-11,14-15H,1-6H2/t7?,8?,9-,10+,11?. The van der Waals surface area contributed by atoms with E-state index in [9.17, 15) is 15.0 Å². The highest BCUT2D eigenvalue weighted by Gasteiger charge is 2.56. The molecule has 0 radical (unpaired) electrons. The molecule has 2 aliphatic carbocycles. The number of hydrogen-bond acceptors (Lipinski definition) is 3. The fraction of sp³-hybridized carbons (Fsp3) is 0.917. The number of carbonyl (C=O) groups excluding carboxylic acids is 1. The van der Waals surface area contributed by atoms with Crippen molar-refractivity contribution in [3.63, 3.8) is 0 Å². The van der Waals surface area contributed by atoms with Crippen LogP contribution in [-0.2, 0) is 4.79 Å². The van der Waals surface area contributed by atoms with Crippen molar-refractivity contribution < 1.29 is 15.0 Å². The monoisotopic (exact) mass is 225 g/mol. The van der Waals surface area contributed by atoms with E-state index in [1.807, 2.05) is 0 Å². The first-order chi connectivity index (χ1) is 7.68. The number of aliphatic hydroxyl groups is 2. The number of β-amino-alcohol motifs (C(OH)–C–C–N with tert-alkyl or cyclic N) is 2. The van der Waals surface area contributed by atoms with E-state index >= 15 is 0 Å². The molecule has 3 aliphatic rings. The van der Waals surface area contributed by atoms with Crippen molar-refractivity contribution in [3.05, 3.63) is 0 Å². The molecule has 0 aromatic carbocycles. The van der Waals surface area contributed by atoms with Crippen LogP contribution in [0.3, 0.4) is 0 Å². The molecule has 3 fully saturated rings. The molecule has 2 saturated carbocycles. The van der Waals surface area contributed by atoms with Crippen LogP contribution in [0, 0.1) is 17.8 Å². The minimum Gasteiger partial charge on any atom is -0.388 e. The van der Waals surface area contributed by atoms with Crippen molar-refractivity contribution in [1.82, 2.24) is 4.90 Å². The van der Waals surface area contributed by atoms with E-state index in [1.165, 1.54) is 25.7 Å². The molecular formula is C12H19NO3. The van der Waals surface area contributed by atoms with E-state index in [1.54, 1.807) is 4.90 Å². The maximum atomic E-state index is 12.2. The van der Waals surface area contributed by atoms with E-state index in [0.29, 0.717) is 24.9 Å². The lowest BCUT2D eigenvalue weighted by atomic mass is 10.0. The summed E-state index contributed by atoms with van der Waals surface area (Å²) in [6.45, 7) is 0.631. The smallest absolute Gasteiger partial charge is 0.226 e. The first-order valence-electron chi connectivity index (χ1n) is 6.33. The Kier molecular flexibility index (Phi) is 2.44. The van der Waals surface area contributed by atoms with E-state index < -0.39 is 12.2 Å². The van der Waals surface area contributed by atoms with Gasteiger partial charge in [-0.1, -0.05) is 12.8 Å².